The van der Waals surface area contributed by atoms with Crippen molar-refractivity contribution < 1.29 is 19.1 Å². The van der Waals surface area contributed by atoms with Crippen LogP contribution in [0.4, 0.5) is 4.79 Å². The molecule has 7 heteroatoms. The smallest absolute Gasteiger partial charge is 0.338 e. The summed E-state index contributed by atoms with van der Waals surface area (Å²) in [7, 11) is 0. The largest absolute Gasteiger partial charge is 0.494 e. The highest BCUT2D eigenvalue weighted by atomic mass is 16.5. The average Bonchev–Trinajstić information content (AvgIpc) is 3.15. The Morgan fingerprint density at radius 2 is 1.85 bits per heavy atom. The Labute approximate surface area is 159 Å². The maximum Gasteiger partial charge on any atom is 0.338 e. The zero-order chi connectivity index (χ0) is 19.2. The van der Waals surface area contributed by atoms with Crippen molar-refractivity contribution in [3.63, 3.8) is 0 Å². The van der Waals surface area contributed by atoms with Crippen molar-refractivity contribution in [3.05, 3.63) is 41.1 Å². The molecule has 146 valence electrons. The highest BCUT2D eigenvalue weighted by Gasteiger charge is 2.34. The number of nitrogens with zero attached hydrogens (tertiary/aromatic N) is 1. The van der Waals surface area contributed by atoms with Crippen LogP contribution >= 0.6 is 0 Å². The van der Waals surface area contributed by atoms with Gasteiger partial charge in [-0.25, -0.2) is 9.59 Å². The summed E-state index contributed by atoms with van der Waals surface area (Å²) < 4.78 is 10.8. The number of hydrogen-bond donors (Lipinski definition) is 2. The summed E-state index contributed by atoms with van der Waals surface area (Å²) in [6.07, 6.45) is 2.27. The van der Waals surface area contributed by atoms with E-state index in [1.165, 1.54) is 0 Å². The molecule has 1 fully saturated rings. The van der Waals surface area contributed by atoms with Gasteiger partial charge >= 0.3 is 12.0 Å². The number of rotatable bonds is 7. The highest BCUT2D eigenvalue weighted by Crippen LogP contribution is 2.29. The van der Waals surface area contributed by atoms with E-state index in [-0.39, 0.29) is 12.6 Å². The summed E-state index contributed by atoms with van der Waals surface area (Å²) >= 11 is 0. The Hall–Kier alpha value is -2.54. The molecule has 27 heavy (non-hydrogen) atoms. The molecule has 3 rings (SSSR count). The Morgan fingerprint density at radius 1 is 1.15 bits per heavy atom. The average molecular weight is 373 g/mol. The van der Waals surface area contributed by atoms with Crippen LogP contribution in [0.5, 0.6) is 5.75 Å². The first-order valence-corrected chi connectivity index (χ1v) is 9.55. The molecule has 0 saturated carbocycles. The molecule has 0 radical (unpaired) electrons. The van der Waals surface area contributed by atoms with Crippen molar-refractivity contribution in [3.8, 4) is 5.75 Å². The molecular weight excluding hydrogens is 346 g/mol. The minimum absolute atomic E-state index is 0.281. The zero-order valence-corrected chi connectivity index (χ0v) is 15.9. The standard InChI is InChI=1S/C20H27N3O4/c1-3-26-15-9-7-14(8-10-15)18-17(19(24)27-4-2)16(21-20(25)22-18)13-23-11-5-6-12-23/h7-10,18H,3-6,11-13H2,1-2H3,(H2,21,22,25)/t18-/m0/s1. The van der Waals surface area contributed by atoms with Crippen LogP contribution < -0.4 is 15.4 Å². The van der Waals surface area contributed by atoms with Gasteiger partial charge in [0.15, 0.2) is 0 Å². The lowest BCUT2D eigenvalue weighted by atomic mass is 9.95. The van der Waals surface area contributed by atoms with Crippen LogP contribution in [0.3, 0.4) is 0 Å². The van der Waals surface area contributed by atoms with Gasteiger partial charge in [-0.05, 0) is 57.5 Å². The van der Waals surface area contributed by atoms with Crippen LogP contribution in [0.15, 0.2) is 35.5 Å². The minimum atomic E-state index is -0.550. The summed E-state index contributed by atoms with van der Waals surface area (Å²) in [5.41, 5.74) is 1.90. The van der Waals surface area contributed by atoms with E-state index in [4.69, 9.17) is 9.47 Å². The van der Waals surface area contributed by atoms with Gasteiger partial charge in [0.25, 0.3) is 0 Å². The quantitative estimate of drug-likeness (QED) is 0.717. The number of benzene rings is 1. The van der Waals surface area contributed by atoms with Gasteiger partial charge in [0.2, 0.25) is 0 Å². The molecule has 0 bridgehead atoms. The molecule has 2 N–H and O–H groups in total. The number of carbonyl (C=O) groups excluding carboxylic acids is 2. The second kappa shape index (κ2) is 8.90. The lowest BCUT2D eigenvalue weighted by molar-refractivity contribution is -0.139. The van der Waals surface area contributed by atoms with E-state index in [1.54, 1.807) is 6.92 Å². The molecule has 2 heterocycles. The van der Waals surface area contributed by atoms with Crippen LogP contribution in [-0.2, 0) is 9.53 Å². The molecule has 7 nitrogen and oxygen atoms in total. The predicted octanol–water partition coefficient (Wildman–Crippen LogP) is 2.35. The maximum atomic E-state index is 12.7. The second-order valence-electron chi connectivity index (χ2n) is 6.63. The van der Waals surface area contributed by atoms with E-state index in [9.17, 15) is 9.59 Å². The lowest BCUT2D eigenvalue weighted by Crippen LogP contribution is -2.48. The summed E-state index contributed by atoms with van der Waals surface area (Å²) in [6, 6.07) is 6.57. The van der Waals surface area contributed by atoms with Gasteiger partial charge in [0, 0.05) is 12.2 Å². The summed E-state index contributed by atoms with van der Waals surface area (Å²) in [6.45, 7) is 7.04. The topological polar surface area (TPSA) is 79.9 Å². The van der Waals surface area contributed by atoms with E-state index in [2.05, 4.69) is 15.5 Å². The Bertz CT molecular complexity index is 708. The Morgan fingerprint density at radius 3 is 2.48 bits per heavy atom. The Kier molecular flexibility index (Phi) is 6.34. The first kappa shape index (κ1) is 19.2. The Balaban J connectivity index is 1.94. The fourth-order valence-corrected chi connectivity index (χ4v) is 3.53. The first-order chi connectivity index (χ1) is 13.1. The van der Waals surface area contributed by atoms with Crippen LogP contribution in [0.25, 0.3) is 0 Å². The van der Waals surface area contributed by atoms with Crippen LogP contribution in [0.2, 0.25) is 0 Å². The van der Waals surface area contributed by atoms with Crippen molar-refractivity contribution in [2.24, 2.45) is 0 Å². The fraction of sp³-hybridized carbons (Fsp3) is 0.500. The van der Waals surface area contributed by atoms with Gasteiger partial charge in [-0.3, -0.25) is 4.90 Å². The number of ether oxygens (including phenoxy) is 2. The summed E-state index contributed by atoms with van der Waals surface area (Å²) in [5.74, 6) is 0.346. The van der Waals surface area contributed by atoms with Crippen LogP contribution in [0, 0.1) is 0 Å². The first-order valence-electron chi connectivity index (χ1n) is 9.55. The third-order valence-corrected chi connectivity index (χ3v) is 4.75. The van der Waals surface area contributed by atoms with Crippen molar-refractivity contribution >= 4 is 12.0 Å². The molecular formula is C20H27N3O4. The molecule has 2 aliphatic heterocycles. The molecule has 1 aromatic rings. The van der Waals surface area contributed by atoms with Crippen molar-refractivity contribution in [1.29, 1.82) is 0 Å². The van der Waals surface area contributed by atoms with Gasteiger partial charge in [0.05, 0.1) is 24.8 Å². The predicted molar refractivity (Wildman–Crippen MR) is 101 cm³/mol. The molecule has 0 aliphatic carbocycles. The SMILES string of the molecule is CCOC(=O)C1=C(CN2CCCC2)NC(=O)N[C@H]1c1ccc(OCC)cc1. The van der Waals surface area contributed by atoms with Gasteiger partial charge in [-0.1, -0.05) is 12.1 Å². The molecule has 0 spiro atoms. The van der Waals surface area contributed by atoms with Crippen molar-refractivity contribution in [2.75, 3.05) is 32.8 Å². The maximum absolute atomic E-state index is 12.7. The number of esters is 1. The van der Waals surface area contributed by atoms with Gasteiger partial charge in [-0.15, -0.1) is 0 Å². The van der Waals surface area contributed by atoms with E-state index >= 15 is 0 Å². The summed E-state index contributed by atoms with van der Waals surface area (Å²) in [5, 5.41) is 5.69. The number of nitrogens with one attached hydrogen (secondary N) is 2. The molecule has 1 aromatic carbocycles. The molecule has 0 aromatic heterocycles. The molecule has 1 atom stereocenters. The summed E-state index contributed by atoms with van der Waals surface area (Å²) in [4.78, 5) is 27.2. The normalized spacial score (nSPS) is 20.2. The van der Waals surface area contributed by atoms with Crippen LogP contribution in [0.1, 0.15) is 38.3 Å². The van der Waals surface area contributed by atoms with Gasteiger partial charge in [-0.2, -0.15) is 0 Å². The van der Waals surface area contributed by atoms with Gasteiger partial charge in [0.1, 0.15) is 5.75 Å². The number of likely N-dealkylation sites (tertiary alicyclic amines) is 1. The number of carbonyl (C=O) groups is 2. The number of urea groups is 1. The molecule has 1 saturated heterocycles. The minimum Gasteiger partial charge on any atom is -0.494 e. The lowest BCUT2D eigenvalue weighted by Gasteiger charge is -2.31. The number of amides is 2. The third-order valence-electron chi connectivity index (χ3n) is 4.75. The van der Waals surface area contributed by atoms with Crippen LogP contribution in [-0.4, -0.2) is 49.7 Å². The second-order valence-corrected chi connectivity index (χ2v) is 6.63. The molecule has 0 unspecified atom stereocenters. The van der Waals surface area contributed by atoms with E-state index in [0.717, 1.165) is 37.2 Å². The molecule has 2 amide bonds. The van der Waals surface area contributed by atoms with Gasteiger partial charge < -0.3 is 20.1 Å². The van der Waals surface area contributed by atoms with E-state index in [1.807, 2.05) is 31.2 Å². The molecule has 2 aliphatic rings. The van der Waals surface area contributed by atoms with Crippen molar-refractivity contribution in [2.45, 2.75) is 32.7 Å². The zero-order valence-electron chi connectivity index (χ0n) is 15.9. The van der Waals surface area contributed by atoms with E-state index in [0.29, 0.717) is 24.4 Å². The number of hydrogen-bond acceptors (Lipinski definition) is 5. The third kappa shape index (κ3) is 4.60. The fourth-order valence-electron chi connectivity index (χ4n) is 3.53. The van der Waals surface area contributed by atoms with Crippen molar-refractivity contribution in [1.82, 2.24) is 15.5 Å². The monoisotopic (exact) mass is 373 g/mol. The van der Waals surface area contributed by atoms with E-state index < -0.39 is 12.0 Å². The highest BCUT2D eigenvalue weighted by molar-refractivity contribution is 5.95.